The van der Waals surface area contributed by atoms with E-state index in [2.05, 4.69) is 121 Å². The fourth-order valence-electron chi connectivity index (χ4n) is 4.06. The van der Waals surface area contributed by atoms with Gasteiger partial charge in [0, 0.05) is 75.2 Å². The van der Waals surface area contributed by atoms with Crippen molar-refractivity contribution in [1.82, 2.24) is 4.98 Å². The van der Waals surface area contributed by atoms with Gasteiger partial charge in [-0.15, -0.1) is 4.57 Å². The Morgan fingerprint density at radius 1 is 0.606 bits per heavy atom. The van der Waals surface area contributed by atoms with Gasteiger partial charge in [0.1, 0.15) is 11.0 Å². The van der Waals surface area contributed by atoms with E-state index < -0.39 is 0 Å². The number of benzene rings is 4. The molecule has 1 N–H and O–H groups in total. The summed E-state index contributed by atoms with van der Waals surface area (Å²) in [4.78, 5) is 9.22. The zero-order chi connectivity index (χ0) is 22.9. The Morgan fingerprint density at radius 2 is 1.21 bits per heavy atom. The van der Waals surface area contributed by atoms with Crippen LogP contribution in [0.4, 0.5) is 22.7 Å². The molecule has 0 saturated heterocycles. The topological polar surface area (TPSA) is 35.3 Å². The quantitative estimate of drug-likeness (QED) is 0.291. The van der Waals surface area contributed by atoms with E-state index in [0.717, 1.165) is 44.8 Å². The molecule has 164 valence electrons. The molecule has 0 bridgehead atoms. The maximum absolute atomic E-state index is 4.98. The average Bonchev–Trinajstić information content (AvgIpc) is 2.83. The second-order valence-corrected chi connectivity index (χ2v) is 8.62. The van der Waals surface area contributed by atoms with Crippen LogP contribution in [0.25, 0.3) is 27.8 Å². The van der Waals surface area contributed by atoms with E-state index in [-0.39, 0.29) is 0 Å². The van der Waals surface area contributed by atoms with E-state index in [1.165, 1.54) is 5.69 Å². The minimum atomic E-state index is 0.954. The van der Waals surface area contributed by atoms with Crippen molar-refractivity contribution in [1.29, 1.82) is 0 Å². The number of nitrogens with one attached hydrogen (secondary N) is 1. The predicted octanol–water partition coefficient (Wildman–Crippen LogP) is 5.54. The highest BCUT2D eigenvalue weighted by molar-refractivity contribution is 5.86. The lowest BCUT2D eigenvalue weighted by molar-refractivity contribution is -0.538. The Morgan fingerprint density at radius 3 is 1.88 bits per heavy atom. The zero-order valence-electron chi connectivity index (χ0n) is 19.4. The van der Waals surface area contributed by atoms with Crippen molar-refractivity contribution in [3.05, 3.63) is 91.0 Å². The monoisotopic (exact) mass is 434 g/mol. The lowest BCUT2D eigenvalue weighted by Crippen LogP contribution is -2.33. The Balaban J connectivity index is 1.76. The second kappa shape index (κ2) is 8.43. The van der Waals surface area contributed by atoms with Gasteiger partial charge in [0.15, 0.2) is 0 Å². The number of nitrogens with zero attached hydrogens (tertiary/aromatic N) is 4. The molecule has 0 spiro atoms. The number of fused-ring (bicyclic) bond motifs is 2. The lowest BCUT2D eigenvalue weighted by Gasteiger charge is -2.14. The molecule has 5 nitrogen and oxygen atoms in total. The molecule has 0 unspecified atom stereocenters. The van der Waals surface area contributed by atoms with Gasteiger partial charge in [-0.05, 0) is 48.5 Å². The molecule has 33 heavy (non-hydrogen) atoms. The molecule has 0 amide bonds. The molecular weight excluding hydrogens is 406 g/mol. The fourth-order valence-corrected chi connectivity index (χ4v) is 4.06. The SMILES string of the molecule is CN(C)c1ccc(-[n+]2c3cc(Nc4ccccc4)ccc3nc3ccc(N(C)C)cc32)cc1. The summed E-state index contributed by atoms with van der Waals surface area (Å²) in [5.74, 6) is 0. The van der Waals surface area contributed by atoms with Crippen LogP contribution >= 0.6 is 0 Å². The van der Waals surface area contributed by atoms with Gasteiger partial charge in [0.2, 0.25) is 16.7 Å². The summed E-state index contributed by atoms with van der Waals surface area (Å²) < 4.78 is 2.31. The van der Waals surface area contributed by atoms with Gasteiger partial charge in [-0.1, -0.05) is 18.2 Å². The van der Waals surface area contributed by atoms with Gasteiger partial charge in [0.05, 0.1) is 0 Å². The molecule has 4 aromatic carbocycles. The van der Waals surface area contributed by atoms with E-state index in [4.69, 9.17) is 4.98 Å². The van der Waals surface area contributed by atoms with Crippen LogP contribution in [0.1, 0.15) is 0 Å². The van der Waals surface area contributed by atoms with E-state index in [0.29, 0.717) is 0 Å². The first-order chi connectivity index (χ1) is 16.0. The summed E-state index contributed by atoms with van der Waals surface area (Å²) in [5.41, 5.74) is 9.54. The molecule has 1 aromatic heterocycles. The van der Waals surface area contributed by atoms with Crippen molar-refractivity contribution in [2.24, 2.45) is 0 Å². The second-order valence-electron chi connectivity index (χ2n) is 8.62. The van der Waals surface area contributed by atoms with Crippen LogP contribution in [0.3, 0.4) is 0 Å². The Labute approximate surface area is 194 Å². The summed E-state index contributed by atoms with van der Waals surface area (Å²) >= 11 is 0. The number of hydrogen-bond donors (Lipinski definition) is 1. The zero-order valence-corrected chi connectivity index (χ0v) is 19.4. The van der Waals surface area contributed by atoms with Crippen LogP contribution in [0, 0.1) is 0 Å². The van der Waals surface area contributed by atoms with Crippen LogP contribution < -0.4 is 19.7 Å². The molecular formula is C28H28N5+. The molecule has 0 aliphatic rings. The van der Waals surface area contributed by atoms with Crippen molar-refractivity contribution >= 4 is 44.8 Å². The third kappa shape index (κ3) is 4.05. The van der Waals surface area contributed by atoms with Crippen LogP contribution in [-0.4, -0.2) is 33.2 Å². The van der Waals surface area contributed by atoms with Gasteiger partial charge in [-0.3, -0.25) is 0 Å². The number of aromatic nitrogens is 2. The van der Waals surface area contributed by atoms with Gasteiger partial charge in [-0.2, -0.15) is 0 Å². The molecule has 0 aliphatic carbocycles. The van der Waals surface area contributed by atoms with Crippen LogP contribution in [0.15, 0.2) is 91.0 Å². The van der Waals surface area contributed by atoms with Crippen molar-refractivity contribution in [2.75, 3.05) is 43.3 Å². The fraction of sp³-hybridized carbons (Fsp3) is 0.143. The van der Waals surface area contributed by atoms with Gasteiger partial charge in [0.25, 0.3) is 0 Å². The molecule has 5 heteroatoms. The third-order valence-electron chi connectivity index (χ3n) is 5.86. The summed E-state index contributed by atoms with van der Waals surface area (Å²) in [5, 5.41) is 3.52. The highest BCUT2D eigenvalue weighted by Crippen LogP contribution is 2.25. The molecule has 5 rings (SSSR count). The van der Waals surface area contributed by atoms with E-state index in [9.17, 15) is 0 Å². The third-order valence-corrected chi connectivity index (χ3v) is 5.86. The average molecular weight is 435 g/mol. The standard InChI is InChI=1S/C28H27N5/c1-31(2)22-11-13-23(14-12-22)33-27-18-21(29-20-8-6-5-7-9-20)10-16-25(27)30-26-17-15-24(32(3)4)19-28(26)33/h5-19H,1-4H3/p+1. The van der Waals surface area contributed by atoms with Crippen molar-refractivity contribution in [3.8, 4) is 5.69 Å². The molecule has 0 atom stereocenters. The van der Waals surface area contributed by atoms with Gasteiger partial charge in [-0.25, -0.2) is 4.98 Å². The molecule has 1 heterocycles. The highest BCUT2D eigenvalue weighted by atomic mass is 15.1. The summed E-state index contributed by atoms with van der Waals surface area (Å²) in [6, 6.07) is 31.7. The minimum Gasteiger partial charge on any atom is -0.378 e. The molecule has 0 aliphatic heterocycles. The van der Waals surface area contributed by atoms with E-state index in [1.807, 2.05) is 18.2 Å². The first-order valence-corrected chi connectivity index (χ1v) is 11.1. The highest BCUT2D eigenvalue weighted by Gasteiger charge is 2.21. The summed E-state index contributed by atoms with van der Waals surface area (Å²) in [6.07, 6.45) is 0. The maximum atomic E-state index is 4.98. The first-order valence-electron chi connectivity index (χ1n) is 11.1. The molecule has 0 fully saturated rings. The largest absolute Gasteiger partial charge is 0.378 e. The Hall–Kier alpha value is -4.12. The summed E-state index contributed by atoms with van der Waals surface area (Å²) in [7, 11) is 8.25. The Kier molecular flexibility index (Phi) is 5.31. The number of para-hydroxylation sites is 1. The molecule has 0 radical (unpaired) electrons. The number of rotatable bonds is 5. The molecule has 0 saturated carbocycles. The van der Waals surface area contributed by atoms with Crippen molar-refractivity contribution < 1.29 is 4.57 Å². The van der Waals surface area contributed by atoms with Crippen LogP contribution in [0.2, 0.25) is 0 Å². The Bertz CT molecular complexity index is 1420. The van der Waals surface area contributed by atoms with E-state index >= 15 is 0 Å². The smallest absolute Gasteiger partial charge is 0.239 e. The van der Waals surface area contributed by atoms with Gasteiger partial charge >= 0.3 is 0 Å². The first kappa shape index (κ1) is 20.8. The predicted molar refractivity (Wildman–Crippen MR) is 139 cm³/mol. The van der Waals surface area contributed by atoms with Crippen molar-refractivity contribution in [3.63, 3.8) is 0 Å². The van der Waals surface area contributed by atoms with E-state index in [1.54, 1.807) is 0 Å². The van der Waals surface area contributed by atoms with Crippen LogP contribution in [0.5, 0.6) is 0 Å². The summed E-state index contributed by atoms with van der Waals surface area (Å²) in [6.45, 7) is 0. The van der Waals surface area contributed by atoms with Crippen molar-refractivity contribution in [2.45, 2.75) is 0 Å². The molecule has 5 aromatic rings. The number of anilines is 4. The maximum Gasteiger partial charge on any atom is 0.239 e. The lowest BCUT2D eigenvalue weighted by atomic mass is 10.1. The number of hydrogen-bond acceptors (Lipinski definition) is 4. The normalized spacial score (nSPS) is 11.0. The minimum absolute atomic E-state index is 0.954. The van der Waals surface area contributed by atoms with Gasteiger partial charge < -0.3 is 15.1 Å². The van der Waals surface area contributed by atoms with Crippen LogP contribution in [-0.2, 0) is 0 Å².